The molecule has 1 saturated carbocycles. The lowest BCUT2D eigenvalue weighted by molar-refractivity contribution is 0.238. The molecule has 1 fully saturated rings. The zero-order valence-electron chi connectivity index (χ0n) is 10.6. The number of H-pyrrole nitrogens is 1. The molecule has 2 rings (SSSR count). The second-order valence-corrected chi connectivity index (χ2v) is 5.49. The lowest BCUT2D eigenvalue weighted by atomic mass is 9.80. The number of hydrogen-bond donors (Lipinski definition) is 2. The molecule has 0 saturated heterocycles. The molecule has 2 unspecified atom stereocenters. The molecule has 0 bridgehead atoms. The number of aromatic amines is 1. The molecular weight excluding hydrogens is 198 g/mol. The number of nitrogens with one attached hydrogen (secondary N) is 2. The maximum Gasteiger partial charge on any atom is 0.103 e. The zero-order chi connectivity index (χ0) is 11.5. The van der Waals surface area contributed by atoms with E-state index in [1.807, 2.05) is 13.1 Å². The molecule has 90 valence electrons. The summed E-state index contributed by atoms with van der Waals surface area (Å²) in [7, 11) is 0. The van der Waals surface area contributed by atoms with Crippen molar-refractivity contribution in [2.75, 3.05) is 0 Å². The predicted molar refractivity (Wildman–Crippen MR) is 66.1 cm³/mol. The summed E-state index contributed by atoms with van der Waals surface area (Å²) in [6.07, 6.45) is 5.95. The van der Waals surface area contributed by atoms with Crippen LogP contribution in [0.2, 0.25) is 0 Å². The van der Waals surface area contributed by atoms with Crippen molar-refractivity contribution in [3.8, 4) is 0 Å². The number of aryl methyl sites for hydroxylation is 1. The molecule has 1 aliphatic carbocycles. The first-order valence-electron chi connectivity index (χ1n) is 6.37. The summed E-state index contributed by atoms with van der Waals surface area (Å²) in [6.45, 7) is 7.65. The van der Waals surface area contributed by atoms with E-state index in [0.29, 0.717) is 6.04 Å². The first-order chi connectivity index (χ1) is 7.63. The van der Waals surface area contributed by atoms with Crippen molar-refractivity contribution >= 4 is 0 Å². The van der Waals surface area contributed by atoms with Crippen LogP contribution >= 0.6 is 0 Å². The molecule has 0 amide bonds. The summed E-state index contributed by atoms with van der Waals surface area (Å²) in [5.74, 6) is 2.73. The summed E-state index contributed by atoms with van der Waals surface area (Å²) >= 11 is 0. The van der Waals surface area contributed by atoms with Gasteiger partial charge in [-0.05, 0) is 38.0 Å². The van der Waals surface area contributed by atoms with Gasteiger partial charge in [0.15, 0.2) is 0 Å². The minimum atomic E-state index is 0.683. The average Bonchev–Trinajstić information content (AvgIpc) is 2.60. The van der Waals surface area contributed by atoms with E-state index in [4.69, 9.17) is 0 Å². The Bertz CT molecular complexity index is 322. The smallest absolute Gasteiger partial charge is 0.103 e. The number of rotatable bonds is 3. The van der Waals surface area contributed by atoms with Crippen LogP contribution in [0, 0.1) is 18.8 Å². The van der Waals surface area contributed by atoms with Crippen molar-refractivity contribution in [1.29, 1.82) is 0 Å². The fourth-order valence-electron chi connectivity index (χ4n) is 2.93. The molecule has 1 aromatic rings. The Morgan fingerprint density at radius 1 is 1.31 bits per heavy atom. The summed E-state index contributed by atoms with van der Waals surface area (Å²) < 4.78 is 0. The Morgan fingerprint density at radius 2 is 2.00 bits per heavy atom. The van der Waals surface area contributed by atoms with Crippen LogP contribution in [0.1, 0.15) is 44.6 Å². The Kier molecular flexibility index (Phi) is 3.64. The first-order valence-corrected chi connectivity index (χ1v) is 6.37. The van der Waals surface area contributed by atoms with E-state index >= 15 is 0 Å². The molecule has 0 radical (unpaired) electrons. The molecule has 2 atom stereocenters. The Balaban J connectivity index is 1.81. The van der Waals surface area contributed by atoms with Gasteiger partial charge in [0.25, 0.3) is 0 Å². The van der Waals surface area contributed by atoms with E-state index in [2.05, 4.69) is 29.1 Å². The van der Waals surface area contributed by atoms with Crippen LogP contribution in [0.3, 0.4) is 0 Å². The fourth-order valence-corrected chi connectivity index (χ4v) is 2.93. The van der Waals surface area contributed by atoms with Gasteiger partial charge in [-0.1, -0.05) is 13.8 Å². The summed E-state index contributed by atoms with van der Waals surface area (Å²) in [4.78, 5) is 7.48. The number of nitrogens with zero attached hydrogens (tertiary/aromatic N) is 1. The highest BCUT2D eigenvalue weighted by Crippen LogP contribution is 2.28. The van der Waals surface area contributed by atoms with Crippen molar-refractivity contribution in [2.24, 2.45) is 11.8 Å². The van der Waals surface area contributed by atoms with E-state index in [-0.39, 0.29) is 0 Å². The third-order valence-corrected chi connectivity index (χ3v) is 3.52. The quantitative estimate of drug-likeness (QED) is 0.823. The van der Waals surface area contributed by atoms with Crippen LogP contribution in [0.15, 0.2) is 6.20 Å². The summed E-state index contributed by atoms with van der Waals surface area (Å²) in [6, 6.07) is 0.683. The van der Waals surface area contributed by atoms with Gasteiger partial charge in [-0.25, -0.2) is 4.98 Å². The maximum absolute atomic E-state index is 4.21. The lowest BCUT2D eigenvalue weighted by Crippen LogP contribution is -2.35. The van der Waals surface area contributed by atoms with E-state index < -0.39 is 0 Å². The molecule has 1 aromatic heterocycles. The second kappa shape index (κ2) is 5.00. The molecule has 3 heteroatoms. The molecule has 3 nitrogen and oxygen atoms in total. The van der Waals surface area contributed by atoms with Crippen LogP contribution in [0.5, 0.6) is 0 Å². The van der Waals surface area contributed by atoms with E-state index in [9.17, 15) is 0 Å². The van der Waals surface area contributed by atoms with E-state index in [1.165, 1.54) is 25.0 Å². The van der Waals surface area contributed by atoms with Crippen molar-refractivity contribution in [3.05, 3.63) is 17.7 Å². The van der Waals surface area contributed by atoms with E-state index in [0.717, 1.165) is 24.2 Å². The Morgan fingerprint density at radius 3 is 2.56 bits per heavy atom. The Labute approximate surface area is 98.1 Å². The maximum atomic E-state index is 4.21. The van der Waals surface area contributed by atoms with Crippen LogP contribution in [0.25, 0.3) is 0 Å². The van der Waals surface area contributed by atoms with Gasteiger partial charge in [0, 0.05) is 24.5 Å². The highest BCUT2D eigenvalue weighted by Gasteiger charge is 2.23. The minimum absolute atomic E-state index is 0.683. The standard InChI is InChI=1S/C13H23N3/c1-9-4-10(2)6-12(5-9)15-8-13-7-14-11(3)16-13/h7,9-10,12,15H,4-6,8H2,1-3H3,(H,14,16). The molecule has 1 aliphatic rings. The first kappa shape index (κ1) is 11.6. The van der Waals surface area contributed by atoms with Crippen LogP contribution < -0.4 is 5.32 Å². The molecule has 0 aliphatic heterocycles. The van der Waals surface area contributed by atoms with Crippen molar-refractivity contribution in [2.45, 2.75) is 52.6 Å². The van der Waals surface area contributed by atoms with Crippen LogP contribution in [-0.2, 0) is 6.54 Å². The van der Waals surface area contributed by atoms with Gasteiger partial charge in [0.05, 0.1) is 0 Å². The van der Waals surface area contributed by atoms with Crippen molar-refractivity contribution in [3.63, 3.8) is 0 Å². The second-order valence-electron chi connectivity index (χ2n) is 5.49. The number of hydrogen-bond acceptors (Lipinski definition) is 2. The van der Waals surface area contributed by atoms with Gasteiger partial charge < -0.3 is 10.3 Å². The normalized spacial score (nSPS) is 30.6. The minimum Gasteiger partial charge on any atom is -0.345 e. The van der Waals surface area contributed by atoms with Gasteiger partial charge >= 0.3 is 0 Å². The molecule has 16 heavy (non-hydrogen) atoms. The van der Waals surface area contributed by atoms with E-state index in [1.54, 1.807) is 0 Å². The third kappa shape index (κ3) is 3.08. The predicted octanol–water partition coefficient (Wildman–Crippen LogP) is 2.63. The average molecular weight is 221 g/mol. The highest BCUT2D eigenvalue weighted by molar-refractivity contribution is 4.99. The van der Waals surface area contributed by atoms with Crippen molar-refractivity contribution in [1.82, 2.24) is 15.3 Å². The number of imidazole rings is 1. The van der Waals surface area contributed by atoms with Gasteiger partial charge in [0.1, 0.15) is 5.82 Å². The van der Waals surface area contributed by atoms with Gasteiger partial charge in [0.2, 0.25) is 0 Å². The third-order valence-electron chi connectivity index (χ3n) is 3.52. The molecule has 1 heterocycles. The monoisotopic (exact) mass is 221 g/mol. The molecule has 2 N–H and O–H groups in total. The molecule has 0 aromatic carbocycles. The lowest BCUT2D eigenvalue weighted by Gasteiger charge is -2.32. The van der Waals surface area contributed by atoms with Crippen LogP contribution in [0.4, 0.5) is 0 Å². The van der Waals surface area contributed by atoms with Gasteiger partial charge in [-0.2, -0.15) is 0 Å². The topological polar surface area (TPSA) is 40.7 Å². The Hall–Kier alpha value is -0.830. The number of aromatic nitrogens is 2. The summed E-state index contributed by atoms with van der Waals surface area (Å²) in [5.41, 5.74) is 1.20. The largest absolute Gasteiger partial charge is 0.345 e. The molecular formula is C13H23N3. The van der Waals surface area contributed by atoms with Crippen molar-refractivity contribution < 1.29 is 0 Å². The SMILES string of the molecule is Cc1ncc(CNC2CC(C)CC(C)C2)[nH]1. The fraction of sp³-hybridized carbons (Fsp3) is 0.769. The zero-order valence-corrected chi connectivity index (χ0v) is 10.6. The van der Waals surface area contributed by atoms with Gasteiger partial charge in [-0.15, -0.1) is 0 Å². The highest BCUT2D eigenvalue weighted by atomic mass is 15.0. The van der Waals surface area contributed by atoms with Crippen LogP contribution in [-0.4, -0.2) is 16.0 Å². The van der Waals surface area contributed by atoms with Gasteiger partial charge in [-0.3, -0.25) is 0 Å². The molecule has 0 spiro atoms. The summed E-state index contributed by atoms with van der Waals surface area (Å²) in [5, 5.41) is 3.64.